The van der Waals surface area contributed by atoms with Crippen molar-refractivity contribution in [2.24, 2.45) is 0 Å². The van der Waals surface area contributed by atoms with Crippen LogP contribution in [0.15, 0.2) is 6.07 Å². The monoisotopic (exact) mass is 237 g/mol. The lowest BCUT2D eigenvalue weighted by atomic mass is 10.3. The third-order valence-electron chi connectivity index (χ3n) is 2.32. The summed E-state index contributed by atoms with van der Waals surface area (Å²) in [5, 5.41) is 0. The van der Waals surface area contributed by atoms with Crippen LogP contribution in [-0.4, -0.2) is 42.4 Å². The lowest BCUT2D eigenvalue weighted by Crippen LogP contribution is -2.25. The van der Waals surface area contributed by atoms with E-state index in [0.29, 0.717) is 5.82 Å². The van der Waals surface area contributed by atoms with E-state index in [1.807, 2.05) is 0 Å². The number of nitrogens with zero attached hydrogens (tertiary/aromatic N) is 3. The molecule has 7 nitrogen and oxygen atoms in total. The number of rotatable bonds is 3. The molecule has 1 saturated heterocycles. The van der Waals surface area contributed by atoms with Gasteiger partial charge in [0.05, 0.1) is 27.2 Å². The first kappa shape index (κ1) is 11.3. The van der Waals surface area contributed by atoms with Crippen LogP contribution in [-0.2, 0) is 9.59 Å². The molecule has 0 aromatic carbocycles. The minimum atomic E-state index is -0.280. The van der Waals surface area contributed by atoms with E-state index in [1.165, 1.54) is 25.2 Å². The number of anilines is 1. The van der Waals surface area contributed by atoms with Crippen molar-refractivity contribution in [1.82, 2.24) is 9.97 Å². The van der Waals surface area contributed by atoms with Crippen molar-refractivity contribution >= 4 is 17.5 Å². The Morgan fingerprint density at radius 1 is 1.24 bits per heavy atom. The van der Waals surface area contributed by atoms with Crippen LogP contribution in [0.3, 0.4) is 0 Å². The van der Waals surface area contributed by atoms with Gasteiger partial charge in [0.25, 0.3) is 0 Å². The second-order valence-electron chi connectivity index (χ2n) is 3.45. The topological polar surface area (TPSA) is 81.6 Å². The third-order valence-corrected chi connectivity index (χ3v) is 2.32. The van der Waals surface area contributed by atoms with Crippen molar-refractivity contribution < 1.29 is 19.1 Å². The Hall–Kier alpha value is -2.18. The van der Waals surface area contributed by atoms with Crippen molar-refractivity contribution in [1.29, 1.82) is 0 Å². The maximum atomic E-state index is 11.5. The molecule has 7 heteroatoms. The van der Waals surface area contributed by atoms with Gasteiger partial charge in [-0.15, -0.1) is 0 Å². The first-order valence-corrected chi connectivity index (χ1v) is 4.93. The highest BCUT2D eigenvalue weighted by molar-refractivity contribution is 6.14. The zero-order chi connectivity index (χ0) is 12.4. The molecule has 1 aliphatic rings. The first-order chi connectivity index (χ1) is 8.13. The molecule has 1 fully saturated rings. The Morgan fingerprint density at radius 3 is 2.53 bits per heavy atom. The minimum absolute atomic E-state index is 0.0299. The molecule has 0 saturated carbocycles. The van der Waals surface area contributed by atoms with Crippen LogP contribution in [0, 0.1) is 0 Å². The number of methoxy groups -OCH3 is 2. The summed E-state index contributed by atoms with van der Waals surface area (Å²) in [5.74, 6) is 0.174. The molecule has 0 aliphatic carbocycles. The largest absolute Gasteiger partial charge is 0.481 e. The van der Waals surface area contributed by atoms with Gasteiger partial charge in [0.15, 0.2) is 5.78 Å². The quantitative estimate of drug-likeness (QED) is 0.677. The van der Waals surface area contributed by atoms with Gasteiger partial charge in [-0.3, -0.25) is 14.5 Å². The fourth-order valence-electron chi connectivity index (χ4n) is 1.52. The molecule has 2 heterocycles. The summed E-state index contributed by atoms with van der Waals surface area (Å²) in [6, 6.07) is 1.57. The molecule has 0 atom stereocenters. The number of hydrogen-bond donors (Lipinski definition) is 0. The summed E-state index contributed by atoms with van der Waals surface area (Å²) in [5.41, 5.74) is 0. The third kappa shape index (κ3) is 2.17. The van der Waals surface area contributed by atoms with E-state index in [1.54, 1.807) is 0 Å². The van der Waals surface area contributed by atoms with Crippen LogP contribution in [0.25, 0.3) is 0 Å². The Labute approximate surface area is 97.4 Å². The number of carbonyl (C=O) groups excluding carboxylic acids is 2. The van der Waals surface area contributed by atoms with Crippen LogP contribution in [0.2, 0.25) is 0 Å². The standard InChI is InChI=1S/C10H11N3O4/c1-16-8-4-7(11-10(12-8)17-2)13-5-6(14)3-9(13)15/h4H,3,5H2,1-2H3. The summed E-state index contributed by atoms with van der Waals surface area (Å²) >= 11 is 0. The molecule has 0 N–H and O–H groups in total. The summed E-state index contributed by atoms with van der Waals surface area (Å²) < 4.78 is 9.86. The molecule has 1 amide bonds. The Balaban J connectivity index is 2.37. The molecule has 17 heavy (non-hydrogen) atoms. The van der Waals surface area contributed by atoms with Crippen LogP contribution in [0.5, 0.6) is 11.9 Å². The summed E-state index contributed by atoms with van der Waals surface area (Å²) in [6.45, 7) is 0.0299. The normalized spacial score (nSPS) is 15.3. The van der Waals surface area contributed by atoms with Gasteiger partial charge in [0, 0.05) is 6.07 Å². The lowest BCUT2D eigenvalue weighted by molar-refractivity contribution is -0.121. The maximum absolute atomic E-state index is 11.5. The first-order valence-electron chi connectivity index (χ1n) is 4.93. The maximum Gasteiger partial charge on any atom is 0.321 e. The van der Waals surface area contributed by atoms with Gasteiger partial charge >= 0.3 is 6.01 Å². The van der Waals surface area contributed by atoms with E-state index in [0.717, 1.165) is 0 Å². The minimum Gasteiger partial charge on any atom is -0.481 e. The van der Waals surface area contributed by atoms with E-state index in [9.17, 15) is 9.59 Å². The molecule has 0 bridgehead atoms. The number of ether oxygens (including phenoxy) is 2. The molecule has 1 aliphatic heterocycles. The van der Waals surface area contributed by atoms with Gasteiger partial charge in [-0.2, -0.15) is 9.97 Å². The number of ketones is 1. The highest BCUT2D eigenvalue weighted by Crippen LogP contribution is 2.23. The molecule has 0 spiro atoms. The predicted octanol–water partition coefficient (Wildman–Crippen LogP) is -0.200. The van der Waals surface area contributed by atoms with Gasteiger partial charge in [0.2, 0.25) is 11.8 Å². The molecule has 2 rings (SSSR count). The van der Waals surface area contributed by atoms with Crippen molar-refractivity contribution in [3.8, 4) is 11.9 Å². The number of aromatic nitrogens is 2. The molecule has 0 radical (unpaired) electrons. The second kappa shape index (κ2) is 4.36. The van der Waals surface area contributed by atoms with Crippen LogP contribution in [0.4, 0.5) is 5.82 Å². The lowest BCUT2D eigenvalue weighted by Gasteiger charge is -2.14. The van der Waals surface area contributed by atoms with E-state index in [2.05, 4.69) is 9.97 Å². The van der Waals surface area contributed by atoms with Gasteiger partial charge in [-0.25, -0.2) is 0 Å². The van der Waals surface area contributed by atoms with E-state index < -0.39 is 0 Å². The fourth-order valence-corrected chi connectivity index (χ4v) is 1.52. The fraction of sp³-hybridized carbons (Fsp3) is 0.400. The highest BCUT2D eigenvalue weighted by Gasteiger charge is 2.30. The second-order valence-corrected chi connectivity index (χ2v) is 3.45. The highest BCUT2D eigenvalue weighted by atomic mass is 16.5. The molecule has 90 valence electrons. The number of carbonyl (C=O) groups is 2. The Morgan fingerprint density at radius 2 is 2.00 bits per heavy atom. The zero-order valence-electron chi connectivity index (χ0n) is 9.47. The van der Waals surface area contributed by atoms with Crippen molar-refractivity contribution in [3.05, 3.63) is 6.07 Å². The average molecular weight is 237 g/mol. The van der Waals surface area contributed by atoms with Gasteiger partial charge in [-0.05, 0) is 0 Å². The van der Waals surface area contributed by atoms with Gasteiger partial charge < -0.3 is 9.47 Å². The van der Waals surface area contributed by atoms with Crippen LogP contribution in [0.1, 0.15) is 6.42 Å². The molecular weight excluding hydrogens is 226 g/mol. The van der Waals surface area contributed by atoms with Gasteiger partial charge in [-0.1, -0.05) is 0 Å². The molecule has 1 aromatic heterocycles. The number of amides is 1. The zero-order valence-corrected chi connectivity index (χ0v) is 9.47. The van der Waals surface area contributed by atoms with E-state index >= 15 is 0 Å². The molecule has 0 unspecified atom stereocenters. The molecule has 1 aromatic rings. The summed E-state index contributed by atoms with van der Waals surface area (Å²) in [6.07, 6.45) is -0.0887. The van der Waals surface area contributed by atoms with Gasteiger partial charge in [0.1, 0.15) is 5.82 Å². The number of Topliss-reactive ketones (excluding diaryl/α,β-unsaturated/α-hetero) is 1. The Bertz CT molecular complexity index is 452. The van der Waals surface area contributed by atoms with Crippen molar-refractivity contribution in [2.45, 2.75) is 6.42 Å². The van der Waals surface area contributed by atoms with Crippen molar-refractivity contribution in [2.75, 3.05) is 25.7 Å². The SMILES string of the molecule is COc1cc(N2CC(=O)CC2=O)nc(OC)n1. The van der Waals surface area contributed by atoms with E-state index in [4.69, 9.17) is 9.47 Å². The summed E-state index contributed by atoms with van der Waals surface area (Å²) in [4.78, 5) is 31.9. The van der Waals surface area contributed by atoms with Crippen LogP contribution >= 0.6 is 0 Å². The van der Waals surface area contributed by atoms with E-state index in [-0.39, 0.29) is 36.5 Å². The Kier molecular flexibility index (Phi) is 2.90. The number of hydrogen-bond acceptors (Lipinski definition) is 6. The average Bonchev–Trinajstić information content (AvgIpc) is 2.67. The predicted molar refractivity (Wildman–Crippen MR) is 57.1 cm³/mol. The smallest absolute Gasteiger partial charge is 0.321 e. The molecular formula is C10H11N3O4. The van der Waals surface area contributed by atoms with Crippen molar-refractivity contribution in [3.63, 3.8) is 0 Å². The summed E-state index contributed by atoms with van der Waals surface area (Å²) in [7, 11) is 2.86. The van der Waals surface area contributed by atoms with Crippen LogP contribution < -0.4 is 14.4 Å².